The van der Waals surface area contributed by atoms with Crippen molar-refractivity contribution in [3.8, 4) is 17.2 Å². The van der Waals surface area contributed by atoms with Crippen molar-refractivity contribution in [1.29, 1.82) is 0 Å². The quantitative estimate of drug-likeness (QED) is 0.512. The van der Waals surface area contributed by atoms with E-state index >= 15 is 0 Å². The molecule has 0 bridgehead atoms. The summed E-state index contributed by atoms with van der Waals surface area (Å²) >= 11 is 6.44. The Morgan fingerprint density at radius 1 is 1.10 bits per heavy atom. The van der Waals surface area contributed by atoms with Crippen molar-refractivity contribution in [2.45, 2.75) is 12.5 Å². The number of likely N-dealkylation sites (N-methyl/N-ethyl adjacent to an activating group) is 1. The van der Waals surface area contributed by atoms with Crippen molar-refractivity contribution in [3.05, 3.63) is 70.1 Å². The van der Waals surface area contributed by atoms with Crippen LogP contribution in [0.5, 0.6) is 5.75 Å². The normalized spacial score (nSPS) is 18.6. The number of ether oxygens (including phenoxy) is 1. The molecule has 146 valence electrons. The molecular weight excluding hydrogens is 392 g/mol. The summed E-state index contributed by atoms with van der Waals surface area (Å²) in [6, 6.07) is 11.9. The highest BCUT2D eigenvalue weighted by Crippen LogP contribution is 2.35. The van der Waals surface area contributed by atoms with Gasteiger partial charge in [0.05, 0.1) is 10.6 Å². The van der Waals surface area contributed by atoms with E-state index in [4.69, 9.17) is 20.8 Å². The monoisotopic (exact) mass is 408 g/mol. The zero-order valence-electron chi connectivity index (χ0n) is 15.6. The molecule has 5 rings (SSSR count). The Morgan fingerprint density at radius 3 is 2.55 bits per heavy atom. The average molecular weight is 409 g/mol. The van der Waals surface area contributed by atoms with E-state index in [9.17, 15) is 9.59 Å². The molecule has 29 heavy (non-hydrogen) atoms. The first-order valence-electron chi connectivity index (χ1n) is 9.35. The number of hydrogen-bond donors (Lipinski definition) is 0. The Balaban J connectivity index is 1.47. The van der Waals surface area contributed by atoms with Gasteiger partial charge in [-0.15, -0.1) is 0 Å². The van der Waals surface area contributed by atoms with Gasteiger partial charge in [-0.3, -0.25) is 9.59 Å². The topological polar surface area (TPSA) is 72.6 Å². The Kier molecular flexibility index (Phi) is 4.26. The van der Waals surface area contributed by atoms with Gasteiger partial charge in [0.25, 0.3) is 0 Å². The Bertz CT molecular complexity index is 1100. The minimum absolute atomic E-state index is 0.0223. The van der Waals surface area contributed by atoms with Crippen LogP contribution in [-0.4, -0.2) is 47.7 Å². The average Bonchev–Trinajstić information content (AvgIpc) is 3.33. The second kappa shape index (κ2) is 6.83. The lowest BCUT2D eigenvalue weighted by Crippen LogP contribution is -2.21. The molecule has 7 heteroatoms. The number of carbonyl (C=O) groups excluding carboxylic acids is 2. The lowest BCUT2D eigenvalue weighted by atomic mass is 9.91. The number of aromatic nitrogens is 1. The smallest absolute Gasteiger partial charge is 0.231 e. The second-order valence-corrected chi connectivity index (χ2v) is 7.74. The SMILES string of the molecule is CN1CC[C@@H](Oc2ccc(-c3nc4c(o3)C(=O)c3ccccc3C4=O)c(Cl)c2)C1. The Hall–Kier alpha value is -2.96. The number of oxazole rings is 1. The maximum Gasteiger partial charge on any atom is 0.231 e. The first kappa shape index (κ1) is 18.1. The summed E-state index contributed by atoms with van der Waals surface area (Å²) in [5.74, 6) is 0.0766. The fourth-order valence-electron chi connectivity index (χ4n) is 3.80. The van der Waals surface area contributed by atoms with Gasteiger partial charge in [0.2, 0.25) is 23.2 Å². The fourth-order valence-corrected chi connectivity index (χ4v) is 4.05. The predicted octanol–water partition coefficient (Wildman–Crippen LogP) is 3.85. The van der Waals surface area contributed by atoms with Gasteiger partial charge in [-0.05, 0) is 31.7 Å². The zero-order valence-corrected chi connectivity index (χ0v) is 16.4. The van der Waals surface area contributed by atoms with Gasteiger partial charge in [-0.1, -0.05) is 35.9 Å². The lowest BCUT2D eigenvalue weighted by Gasteiger charge is -2.14. The van der Waals surface area contributed by atoms with Crippen LogP contribution in [0.2, 0.25) is 5.02 Å². The third-order valence-corrected chi connectivity index (χ3v) is 5.60. The van der Waals surface area contributed by atoms with Crippen LogP contribution in [0.25, 0.3) is 11.5 Å². The van der Waals surface area contributed by atoms with Crippen LogP contribution in [0.1, 0.15) is 38.6 Å². The van der Waals surface area contributed by atoms with Crippen LogP contribution >= 0.6 is 11.6 Å². The summed E-state index contributed by atoms with van der Waals surface area (Å²) in [6.45, 7) is 1.87. The van der Waals surface area contributed by atoms with E-state index in [0.29, 0.717) is 27.5 Å². The molecule has 0 radical (unpaired) electrons. The third kappa shape index (κ3) is 3.05. The van der Waals surface area contributed by atoms with Gasteiger partial charge in [0, 0.05) is 24.2 Å². The molecule has 1 fully saturated rings. The molecule has 2 aromatic carbocycles. The van der Waals surface area contributed by atoms with Crippen molar-refractivity contribution in [3.63, 3.8) is 0 Å². The van der Waals surface area contributed by atoms with Crippen molar-refractivity contribution in [2.24, 2.45) is 0 Å². The van der Waals surface area contributed by atoms with E-state index < -0.39 is 0 Å². The van der Waals surface area contributed by atoms with Crippen LogP contribution in [0.4, 0.5) is 0 Å². The van der Waals surface area contributed by atoms with Crippen molar-refractivity contribution in [2.75, 3.05) is 20.1 Å². The number of likely N-dealkylation sites (tertiary alicyclic amines) is 1. The van der Waals surface area contributed by atoms with Crippen LogP contribution in [-0.2, 0) is 0 Å². The van der Waals surface area contributed by atoms with Gasteiger partial charge in [0.15, 0.2) is 5.69 Å². The molecule has 0 amide bonds. The van der Waals surface area contributed by atoms with Crippen LogP contribution in [0, 0.1) is 0 Å². The molecule has 1 aliphatic heterocycles. The van der Waals surface area contributed by atoms with E-state index in [2.05, 4.69) is 16.9 Å². The van der Waals surface area contributed by atoms with Gasteiger partial charge >= 0.3 is 0 Å². The van der Waals surface area contributed by atoms with E-state index in [1.165, 1.54) is 0 Å². The molecule has 1 aliphatic carbocycles. The summed E-state index contributed by atoms with van der Waals surface area (Å²) in [5, 5.41) is 0.380. The number of carbonyl (C=O) groups is 2. The standard InChI is InChI=1S/C22H17ClN2O4/c1-25-9-8-13(11-25)28-12-6-7-16(17(23)10-12)22-24-18-19(26)14-4-2-3-5-15(14)20(27)21(18)29-22/h2-7,10,13H,8-9,11H2,1H3/t13-/m1/s1. The molecule has 2 heterocycles. The molecule has 1 saturated heterocycles. The molecule has 0 saturated carbocycles. The summed E-state index contributed by atoms with van der Waals surface area (Å²) in [7, 11) is 2.06. The molecule has 1 atom stereocenters. The van der Waals surface area contributed by atoms with Gasteiger partial charge in [-0.2, -0.15) is 0 Å². The number of benzene rings is 2. The highest BCUT2D eigenvalue weighted by atomic mass is 35.5. The molecule has 2 aliphatic rings. The minimum Gasteiger partial charge on any atom is -0.489 e. The molecule has 1 aromatic heterocycles. The van der Waals surface area contributed by atoms with Crippen LogP contribution in [0.15, 0.2) is 46.9 Å². The van der Waals surface area contributed by atoms with E-state index in [1.54, 1.807) is 42.5 Å². The minimum atomic E-state index is -0.352. The van der Waals surface area contributed by atoms with Gasteiger partial charge < -0.3 is 14.1 Å². The molecule has 6 nitrogen and oxygen atoms in total. The first-order chi connectivity index (χ1) is 14.0. The summed E-state index contributed by atoms with van der Waals surface area (Å²) < 4.78 is 11.7. The summed E-state index contributed by atoms with van der Waals surface area (Å²) in [6.07, 6.45) is 1.09. The number of fused-ring (bicyclic) bond motifs is 2. The number of halogens is 1. The molecule has 0 spiro atoms. The summed E-state index contributed by atoms with van der Waals surface area (Å²) in [5.41, 5.74) is 1.18. The largest absolute Gasteiger partial charge is 0.489 e. The highest BCUT2D eigenvalue weighted by molar-refractivity contribution is 6.33. The molecule has 3 aromatic rings. The number of nitrogens with zero attached hydrogens (tertiary/aromatic N) is 2. The van der Waals surface area contributed by atoms with Crippen LogP contribution in [0.3, 0.4) is 0 Å². The number of rotatable bonds is 3. The predicted molar refractivity (Wildman–Crippen MR) is 107 cm³/mol. The zero-order chi connectivity index (χ0) is 20.1. The van der Waals surface area contributed by atoms with Gasteiger partial charge in [0.1, 0.15) is 11.9 Å². The number of hydrogen-bond acceptors (Lipinski definition) is 6. The molecular formula is C22H17ClN2O4. The second-order valence-electron chi connectivity index (χ2n) is 7.33. The van der Waals surface area contributed by atoms with Crippen LogP contribution < -0.4 is 4.74 Å². The fraction of sp³-hybridized carbons (Fsp3) is 0.227. The maximum atomic E-state index is 12.7. The number of ketones is 2. The highest BCUT2D eigenvalue weighted by Gasteiger charge is 2.35. The first-order valence-corrected chi connectivity index (χ1v) is 9.73. The Morgan fingerprint density at radius 2 is 1.86 bits per heavy atom. The maximum absolute atomic E-state index is 12.7. The Labute approximate surface area is 172 Å². The van der Waals surface area contributed by atoms with E-state index in [1.807, 2.05) is 0 Å². The summed E-state index contributed by atoms with van der Waals surface area (Å²) in [4.78, 5) is 31.9. The lowest BCUT2D eigenvalue weighted by molar-refractivity contribution is 0.0959. The van der Waals surface area contributed by atoms with Crippen molar-refractivity contribution in [1.82, 2.24) is 9.88 Å². The van der Waals surface area contributed by atoms with E-state index in [0.717, 1.165) is 19.5 Å². The van der Waals surface area contributed by atoms with Gasteiger partial charge in [-0.25, -0.2) is 4.98 Å². The van der Waals surface area contributed by atoms with Crippen molar-refractivity contribution < 1.29 is 18.7 Å². The van der Waals surface area contributed by atoms with Crippen molar-refractivity contribution >= 4 is 23.2 Å². The molecule has 0 N–H and O–H groups in total. The molecule has 0 unspecified atom stereocenters. The van der Waals surface area contributed by atoms with E-state index in [-0.39, 0.29) is 35.0 Å². The third-order valence-electron chi connectivity index (χ3n) is 5.29.